The molecule has 1 heterocycles. The first-order valence-electron chi connectivity index (χ1n) is 8.33. The Bertz CT molecular complexity index is 1110. The molecular weight excluding hydrogens is 652 g/mol. The van der Waals surface area contributed by atoms with E-state index in [0.29, 0.717) is 31.6 Å². The molecule has 10 heteroatoms. The summed E-state index contributed by atoms with van der Waals surface area (Å²) in [6, 6.07) is 12.9. The van der Waals surface area contributed by atoms with Crippen molar-refractivity contribution in [1.29, 1.82) is 0 Å². The van der Waals surface area contributed by atoms with Gasteiger partial charge in [0, 0.05) is 24.0 Å². The van der Waals surface area contributed by atoms with E-state index in [1.54, 1.807) is 12.1 Å². The monoisotopic (exact) mass is 660 g/mol. The first-order valence-corrected chi connectivity index (χ1v) is 11.5. The summed E-state index contributed by atoms with van der Waals surface area (Å²) in [5.74, 6) is -1.45. The number of aromatic nitrogens is 1. The van der Waals surface area contributed by atoms with E-state index in [1.807, 2.05) is 30.3 Å². The molecule has 2 N–H and O–H groups in total. The van der Waals surface area contributed by atoms with Gasteiger partial charge in [-0.1, -0.05) is 30.3 Å². The van der Waals surface area contributed by atoms with E-state index in [4.69, 9.17) is 4.74 Å². The van der Waals surface area contributed by atoms with Gasteiger partial charge in [-0.05, 0) is 75.3 Å². The minimum absolute atomic E-state index is 0.0335. The van der Waals surface area contributed by atoms with Crippen LogP contribution in [0.2, 0.25) is 0 Å². The lowest BCUT2D eigenvalue weighted by atomic mass is 10.1. The highest BCUT2D eigenvalue weighted by Crippen LogP contribution is 2.42. The first-order chi connectivity index (χ1) is 14.3. The molecule has 3 rings (SSSR count). The number of nitrogens with zero attached hydrogens (tertiary/aromatic N) is 1. The van der Waals surface area contributed by atoms with Gasteiger partial charge in [0.15, 0.2) is 0 Å². The molecular formula is C20H12Br4N2O4. The van der Waals surface area contributed by atoms with Gasteiger partial charge in [-0.25, -0.2) is 9.78 Å². The normalized spacial score (nSPS) is 10.5. The molecule has 0 aliphatic heterocycles. The number of rotatable bonds is 6. The number of nitrogens with one attached hydrogen (secondary N) is 1. The SMILES string of the molecule is O=C(O)c1c(Br)c(Br)c(Br)c(Br)c1C(=O)Nc1ccc(OCc2ccccc2)nc1. The van der Waals surface area contributed by atoms with E-state index in [-0.39, 0.29) is 15.6 Å². The van der Waals surface area contributed by atoms with Gasteiger partial charge in [0.2, 0.25) is 5.88 Å². The fourth-order valence-electron chi connectivity index (χ4n) is 2.51. The van der Waals surface area contributed by atoms with E-state index in [0.717, 1.165) is 5.56 Å². The van der Waals surface area contributed by atoms with E-state index < -0.39 is 11.9 Å². The van der Waals surface area contributed by atoms with Crippen LogP contribution in [0, 0.1) is 0 Å². The number of carbonyl (C=O) groups is 2. The van der Waals surface area contributed by atoms with Crippen molar-refractivity contribution in [3.05, 3.63) is 83.2 Å². The molecule has 1 amide bonds. The van der Waals surface area contributed by atoms with Gasteiger partial charge in [0.25, 0.3) is 5.91 Å². The lowest BCUT2D eigenvalue weighted by Crippen LogP contribution is -2.18. The standard InChI is InChI=1S/C20H12Br4N2O4/c21-15-13(14(20(28)29)16(22)18(24)17(15)23)19(27)26-11-6-7-12(25-8-11)30-9-10-4-2-1-3-5-10/h1-8H,9H2,(H,26,27)(H,28,29). The van der Waals surface area contributed by atoms with Crippen molar-refractivity contribution in [2.75, 3.05) is 5.32 Å². The highest BCUT2D eigenvalue weighted by molar-refractivity contribution is 9.15. The summed E-state index contributed by atoms with van der Waals surface area (Å²) in [7, 11) is 0. The third-order valence-electron chi connectivity index (χ3n) is 3.93. The van der Waals surface area contributed by atoms with Crippen molar-refractivity contribution in [2.45, 2.75) is 6.61 Å². The third-order valence-corrected chi connectivity index (χ3v) is 8.70. The average molecular weight is 664 g/mol. The van der Waals surface area contributed by atoms with Crippen LogP contribution in [0.3, 0.4) is 0 Å². The number of ether oxygens (including phenoxy) is 1. The maximum absolute atomic E-state index is 12.9. The van der Waals surface area contributed by atoms with Crippen LogP contribution in [0.25, 0.3) is 0 Å². The molecule has 0 unspecified atom stereocenters. The topological polar surface area (TPSA) is 88.5 Å². The summed E-state index contributed by atoms with van der Waals surface area (Å²) in [6.45, 7) is 0.370. The van der Waals surface area contributed by atoms with Gasteiger partial charge in [-0.2, -0.15) is 0 Å². The maximum Gasteiger partial charge on any atom is 0.337 e. The zero-order chi connectivity index (χ0) is 21.8. The Morgan fingerprint density at radius 1 is 0.900 bits per heavy atom. The number of anilines is 1. The number of benzene rings is 2. The summed E-state index contributed by atoms with van der Waals surface area (Å²) in [6.07, 6.45) is 1.44. The second-order valence-electron chi connectivity index (χ2n) is 5.92. The summed E-state index contributed by atoms with van der Waals surface area (Å²) in [4.78, 5) is 28.8. The van der Waals surface area contributed by atoms with Crippen molar-refractivity contribution < 1.29 is 19.4 Å². The number of amides is 1. The number of hydrogen-bond donors (Lipinski definition) is 2. The zero-order valence-corrected chi connectivity index (χ0v) is 21.3. The van der Waals surface area contributed by atoms with Crippen LogP contribution >= 0.6 is 63.7 Å². The molecule has 2 aromatic carbocycles. The molecule has 1 aromatic heterocycles. The average Bonchev–Trinajstić information content (AvgIpc) is 2.74. The molecule has 0 spiro atoms. The van der Waals surface area contributed by atoms with Crippen molar-refractivity contribution in [3.63, 3.8) is 0 Å². The van der Waals surface area contributed by atoms with E-state index >= 15 is 0 Å². The number of pyridine rings is 1. The van der Waals surface area contributed by atoms with Crippen LogP contribution in [0.5, 0.6) is 5.88 Å². The zero-order valence-electron chi connectivity index (χ0n) is 15.0. The highest BCUT2D eigenvalue weighted by atomic mass is 79.9. The molecule has 6 nitrogen and oxygen atoms in total. The van der Waals surface area contributed by atoms with Crippen molar-refractivity contribution in [1.82, 2.24) is 4.98 Å². The molecule has 0 bridgehead atoms. The molecule has 0 aliphatic rings. The second-order valence-corrected chi connectivity index (χ2v) is 9.10. The van der Waals surface area contributed by atoms with Gasteiger partial charge in [-0.3, -0.25) is 4.79 Å². The van der Waals surface area contributed by atoms with Crippen molar-refractivity contribution in [3.8, 4) is 5.88 Å². The summed E-state index contributed by atoms with van der Waals surface area (Å²) in [5, 5.41) is 12.3. The van der Waals surface area contributed by atoms with Crippen LogP contribution in [0.4, 0.5) is 5.69 Å². The molecule has 0 saturated carbocycles. The van der Waals surface area contributed by atoms with Crippen LogP contribution < -0.4 is 10.1 Å². The number of carbonyl (C=O) groups excluding carboxylic acids is 1. The van der Waals surface area contributed by atoms with Crippen LogP contribution in [0.15, 0.2) is 66.6 Å². The van der Waals surface area contributed by atoms with Crippen LogP contribution in [0.1, 0.15) is 26.3 Å². The van der Waals surface area contributed by atoms with E-state index in [1.165, 1.54) is 6.20 Å². The highest BCUT2D eigenvalue weighted by Gasteiger charge is 2.28. The minimum Gasteiger partial charge on any atom is -0.478 e. The second kappa shape index (κ2) is 10.0. The minimum atomic E-state index is -1.25. The molecule has 0 atom stereocenters. The van der Waals surface area contributed by atoms with Crippen LogP contribution in [-0.4, -0.2) is 22.0 Å². The Morgan fingerprint density at radius 2 is 1.53 bits per heavy atom. The molecule has 30 heavy (non-hydrogen) atoms. The molecule has 0 radical (unpaired) electrons. The molecule has 3 aromatic rings. The molecule has 0 fully saturated rings. The Kier molecular flexibility index (Phi) is 7.67. The van der Waals surface area contributed by atoms with E-state index in [2.05, 4.69) is 74.0 Å². The van der Waals surface area contributed by atoms with Gasteiger partial charge in [-0.15, -0.1) is 0 Å². The first kappa shape index (κ1) is 22.9. The number of aromatic carboxylic acids is 1. The van der Waals surface area contributed by atoms with Gasteiger partial charge in [0.1, 0.15) is 6.61 Å². The number of carboxylic acid groups (broad SMARTS) is 1. The molecule has 0 aliphatic carbocycles. The Labute approximate surface area is 205 Å². The largest absolute Gasteiger partial charge is 0.478 e. The van der Waals surface area contributed by atoms with Gasteiger partial charge >= 0.3 is 5.97 Å². The van der Waals surface area contributed by atoms with E-state index in [9.17, 15) is 14.7 Å². The quantitative estimate of drug-likeness (QED) is 0.228. The van der Waals surface area contributed by atoms with Gasteiger partial charge in [0.05, 0.1) is 23.0 Å². The number of halogens is 4. The fraction of sp³-hybridized carbons (Fsp3) is 0.0500. The Hall–Kier alpha value is -1.75. The summed E-state index contributed by atoms with van der Waals surface area (Å²) in [5.41, 5.74) is 1.19. The number of hydrogen-bond acceptors (Lipinski definition) is 4. The molecule has 0 saturated heterocycles. The number of carboxylic acids is 1. The van der Waals surface area contributed by atoms with Crippen LogP contribution in [-0.2, 0) is 6.61 Å². The third kappa shape index (κ3) is 5.11. The predicted octanol–water partition coefficient (Wildman–Crippen LogP) is 6.66. The Morgan fingerprint density at radius 3 is 2.10 bits per heavy atom. The molecule has 154 valence electrons. The van der Waals surface area contributed by atoms with Crippen molar-refractivity contribution in [2.24, 2.45) is 0 Å². The predicted molar refractivity (Wildman–Crippen MR) is 127 cm³/mol. The Balaban J connectivity index is 1.79. The lowest BCUT2D eigenvalue weighted by Gasteiger charge is -2.15. The maximum atomic E-state index is 12.9. The fourth-order valence-corrected chi connectivity index (χ4v) is 4.98. The summed E-state index contributed by atoms with van der Waals surface area (Å²) >= 11 is 13.2. The van der Waals surface area contributed by atoms with Gasteiger partial charge < -0.3 is 15.2 Å². The smallest absolute Gasteiger partial charge is 0.337 e. The summed E-state index contributed by atoms with van der Waals surface area (Å²) < 4.78 is 7.16. The lowest BCUT2D eigenvalue weighted by molar-refractivity contribution is 0.0691. The van der Waals surface area contributed by atoms with Crippen molar-refractivity contribution >= 4 is 81.3 Å².